The minimum absolute atomic E-state index is 0.506. The average molecular weight is 281 g/mol. The Morgan fingerprint density at radius 1 is 1.32 bits per heavy atom. The molecule has 4 nitrogen and oxygen atoms in total. The average Bonchev–Trinajstić information content (AvgIpc) is 2.33. The summed E-state index contributed by atoms with van der Waals surface area (Å²) in [5.74, 6) is -1.05. The molecule has 0 aliphatic heterocycles. The zero-order valence-electron chi connectivity index (χ0n) is 11.3. The van der Waals surface area contributed by atoms with Crippen molar-refractivity contribution in [3.63, 3.8) is 0 Å². The van der Waals surface area contributed by atoms with E-state index in [2.05, 4.69) is 4.72 Å². The maximum Gasteiger partial charge on any atom is 0.325 e. The summed E-state index contributed by atoms with van der Waals surface area (Å²) < 4.78 is 14.0. The van der Waals surface area contributed by atoms with E-state index in [9.17, 15) is 9.00 Å². The van der Waals surface area contributed by atoms with Gasteiger partial charge in [0.25, 0.3) is 0 Å². The van der Waals surface area contributed by atoms with E-state index in [4.69, 9.17) is 5.11 Å². The van der Waals surface area contributed by atoms with Crippen molar-refractivity contribution in [1.82, 2.24) is 4.72 Å². The molecule has 1 unspecified atom stereocenters. The second kappa shape index (κ2) is 6.63. The summed E-state index contributed by atoms with van der Waals surface area (Å²) in [7, 11) is -1.43. The number of carboxylic acid groups (broad SMARTS) is 1. The van der Waals surface area contributed by atoms with Crippen LogP contribution in [-0.4, -0.2) is 26.1 Å². The van der Waals surface area contributed by atoms with Gasteiger partial charge < -0.3 is 5.11 Å². The summed E-state index contributed by atoms with van der Waals surface area (Å²) in [6, 6.07) is 8.40. The fourth-order valence-electron chi connectivity index (χ4n) is 1.24. The molecule has 0 heterocycles. The Morgan fingerprint density at radius 2 is 1.89 bits per heavy atom. The van der Waals surface area contributed by atoms with Gasteiger partial charge in [-0.3, -0.25) is 4.79 Å². The van der Waals surface area contributed by atoms with Gasteiger partial charge >= 0.3 is 5.97 Å². The maximum atomic E-state index is 11.9. The topological polar surface area (TPSA) is 66.4 Å². The van der Waals surface area contributed by atoms with E-state index in [-0.39, 0.29) is 0 Å². The van der Waals surface area contributed by atoms with E-state index in [1.54, 1.807) is 26.8 Å². The maximum absolute atomic E-state index is 11.9. The quantitative estimate of drug-likeness (QED) is 0.869. The van der Waals surface area contributed by atoms with Gasteiger partial charge in [0.2, 0.25) is 0 Å². The van der Waals surface area contributed by atoms with Crippen molar-refractivity contribution in [3.8, 4) is 0 Å². The van der Waals surface area contributed by atoms with Crippen LogP contribution in [0.3, 0.4) is 0 Å². The lowest BCUT2D eigenvalue weighted by molar-refractivity contribution is -0.137. The highest BCUT2D eigenvalue weighted by molar-refractivity contribution is 7.84. The van der Waals surface area contributed by atoms with Crippen LogP contribution in [-0.2, 0) is 15.8 Å². The molecule has 0 saturated heterocycles. The van der Waals surface area contributed by atoms with Gasteiger partial charge in [0.1, 0.15) is 6.04 Å². The first-order chi connectivity index (χ1) is 8.80. The van der Waals surface area contributed by atoms with Crippen molar-refractivity contribution < 1.29 is 14.1 Å². The summed E-state index contributed by atoms with van der Waals surface area (Å²) >= 11 is 0. The lowest BCUT2D eigenvalue weighted by Gasteiger charge is -2.20. The summed E-state index contributed by atoms with van der Waals surface area (Å²) in [5.41, 5.74) is 0.900. The molecule has 104 valence electrons. The molecule has 0 saturated carbocycles. The number of carboxylic acids is 1. The standard InChI is InChI=1S/C14H19NO3S/c1-14(2,3)19(18)15-12(13(16)17)10-9-11-7-5-4-6-8-11/h4-10,12,15H,1-3H3,(H,16,17)/b10-9+/t12-,19?/m1/s1. The number of rotatable bonds is 5. The second-order valence-corrected chi connectivity index (χ2v) is 7.08. The van der Waals surface area contributed by atoms with Crippen molar-refractivity contribution in [3.05, 3.63) is 42.0 Å². The molecular formula is C14H19NO3S. The third-order valence-corrected chi connectivity index (χ3v) is 3.92. The molecule has 19 heavy (non-hydrogen) atoms. The van der Waals surface area contributed by atoms with Gasteiger partial charge in [-0.2, -0.15) is 0 Å². The first-order valence-electron chi connectivity index (χ1n) is 5.95. The summed E-state index contributed by atoms with van der Waals surface area (Å²) in [6.07, 6.45) is 3.20. The molecule has 2 N–H and O–H groups in total. The van der Waals surface area contributed by atoms with Gasteiger partial charge in [-0.1, -0.05) is 42.5 Å². The number of benzene rings is 1. The Bertz CT molecular complexity index is 477. The Hall–Kier alpha value is -1.46. The molecular weight excluding hydrogens is 262 g/mol. The minimum Gasteiger partial charge on any atom is -0.480 e. The van der Waals surface area contributed by atoms with Crippen molar-refractivity contribution in [2.45, 2.75) is 31.6 Å². The third-order valence-electron chi connectivity index (χ3n) is 2.34. The van der Waals surface area contributed by atoms with Gasteiger partial charge in [-0.05, 0) is 26.3 Å². The highest BCUT2D eigenvalue weighted by Crippen LogP contribution is 2.10. The molecule has 0 aliphatic carbocycles. The Labute approximate surface area is 116 Å². The van der Waals surface area contributed by atoms with Gasteiger partial charge in [0.15, 0.2) is 0 Å². The van der Waals surface area contributed by atoms with E-state index in [0.717, 1.165) is 5.56 Å². The van der Waals surface area contributed by atoms with Gasteiger partial charge in [0, 0.05) is 0 Å². The van der Waals surface area contributed by atoms with Gasteiger partial charge in [-0.25, -0.2) is 8.93 Å². The van der Waals surface area contributed by atoms with Gasteiger partial charge in [-0.15, -0.1) is 0 Å². The SMILES string of the molecule is CC(C)(C)S(=O)N[C@H](/C=C/c1ccccc1)C(=O)O. The van der Waals surface area contributed by atoms with E-state index in [1.807, 2.05) is 30.3 Å². The van der Waals surface area contributed by atoms with E-state index < -0.39 is 27.7 Å². The van der Waals surface area contributed by atoms with Gasteiger partial charge in [0.05, 0.1) is 15.7 Å². The first-order valence-corrected chi connectivity index (χ1v) is 7.10. The molecule has 0 bridgehead atoms. The van der Waals surface area contributed by atoms with Crippen LogP contribution in [0.2, 0.25) is 0 Å². The van der Waals surface area contributed by atoms with Crippen LogP contribution in [0.25, 0.3) is 6.08 Å². The van der Waals surface area contributed by atoms with Crippen molar-refractivity contribution >= 4 is 23.0 Å². The number of hydrogen-bond acceptors (Lipinski definition) is 2. The monoisotopic (exact) mass is 281 g/mol. The molecule has 0 aromatic heterocycles. The second-order valence-electron chi connectivity index (χ2n) is 5.08. The molecule has 2 atom stereocenters. The van der Waals surface area contributed by atoms with Crippen LogP contribution >= 0.6 is 0 Å². The number of hydrogen-bond donors (Lipinski definition) is 2. The Morgan fingerprint density at radius 3 is 2.37 bits per heavy atom. The Balaban J connectivity index is 2.77. The predicted octanol–water partition coefficient (Wildman–Crippen LogP) is 2.20. The highest BCUT2D eigenvalue weighted by atomic mass is 32.2. The van der Waals surface area contributed by atoms with Crippen LogP contribution < -0.4 is 4.72 Å². The van der Waals surface area contributed by atoms with Crippen LogP contribution in [0.4, 0.5) is 0 Å². The number of nitrogens with one attached hydrogen (secondary N) is 1. The van der Waals surface area contributed by atoms with Crippen LogP contribution in [0.5, 0.6) is 0 Å². The van der Waals surface area contributed by atoms with Crippen LogP contribution in [0.15, 0.2) is 36.4 Å². The number of carbonyl (C=O) groups is 1. The van der Waals surface area contributed by atoms with Crippen LogP contribution in [0, 0.1) is 0 Å². The normalized spacial score (nSPS) is 15.3. The van der Waals surface area contributed by atoms with E-state index in [0.29, 0.717) is 0 Å². The zero-order valence-corrected chi connectivity index (χ0v) is 12.1. The van der Waals surface area contributed by atoms with E-state index in [1.165, 1.54) is 6.08 Å². The summed E-state index contributed by atoms with van der Waals surface area (Å²) in [5, 5.41) is 9.12. The van der Waals surface area contributed by atoms with Crippen molar-refractivity contribution in [1.29, 1.82) is 0 Å². The fourth-order valence-corrected chi connectivity index (χ4v) is 2.00. The molecule has 0 spiro atoms. The highest BCUT2D eigenvalue weighted by Gasteiger charge is 2.24. The fraction of sp³-hybridized carbons (Fsp3) is 0.357. The van der Waals surface area contributed by atoms with Crippen molar-refractivity contribution in [2.75, 3.05) is 0 Å². The molecule has 0 aliphatic rings. The van der Waals surface area contributed by atoms with E-state index >= 15 is 0 Å². The summed E-state index contributed by atoms with van der Waals surface area (Å²) in [4.78, 5) is 11.1. The molecule has 0 fully saturated rings. The predicted molar refractivity (Wildman–Crippen MR) is 77.9 cm³/mol. The molecule has 1 rings (SSSR count). The molecule has 1 aromatic rings. The number of aliphatic carboxylic acids is 1. The first kappa shape index (κ1) is 15.6. The molecule has 1 aromatic carbocycles. The molecule has 0 amide bonds. The molecule has 0 radical (unpaired) electrons. The Kier molecular flexibility index (Phi) is 5.44. The van der Waals surface area contributed by atoms with Crippen LogP contribution in [0.1, 0.15) is 26.3 Å². The zero-order chi connectivity index (χ0) is 14.5. The molecule has 5 heteroatoms. The lowest BCUT2D eigenvalue weighted by Crippen LogP contribution is -2.42. The minimum atomic E-state index is -1.43. The lowest BCUT2D eigenvalue weighted by atomic mass is 10.2. The van der Waals surface area contributed by atoms with Crippen molar-refractivity contribution in [2.24, 2.45) is 0 Å². The third kappa shape index (κ3) is 5.36. The summed E-state index contributed by atoms with van der Waals surface area (Å²) in [6.45, 7) is 5.36. The largest absolute Gasteiger partial charge is 0.480 e. The smallest absolute Gasteiger partial charge is 0.325 e.